The van der Waals surface area contributed by atoms with Crippen LogP contribution in [0.4, 0.5) is 0 Å². The second-order valence-corrected chi connectivity index (χ2v) is 2.60. The van der Waals surface area contributed by atoms with E-state index in [1.807, 2.05) is 0 Å². The molecule has 0 bridgehead atoms. The van der Waals surface area contributed by atoms with E-state index in [9.17, 15) is 0 Å². The molecule has 1 fully saturated rings. The minimum atomic E-state index is -1.22. The predicted octanol–water partition coefficient (Wildman–Crippen LogP) is -2.43. The number of aliphatic hydroxyl groups is 4. The zero-order chi connectivity index (χ0) is 8.43. The van der Waals surface area contributed by atoms with E-state index in [2.05, 4.69) is 0 Å². The van der Waals surface area contributed by atoms with Crippen molar-refractivity contribution in [2.24, 2.45) is 0 Å². The molecule has 0 saturated carbocycles. The first-order chi connectivity index (χ1) is 5.16. The summed E-state index contributed by atoms with van der Waals surface area (Å²) in [5.41, 5.74) is 0. The van der Waals surface area contributed by atoms with E-state index in [1.165, 1.54) is 0 Å². The van der Waals surface area contributed by atoms with Gasteiger partial charge in [0.25, 0.3) is 0 Å². The van der Waals surface area contributed by atoms with Gasteiger partial charge in [-0.15, -0.1) is 0 Å². The number of ether oxygens (including phenoxy) is 1. The molecule has 0 amide bonds. The van der Waals surface area contributed by atoms with E-state index in [4.69, 9.17) is 25.2 Å². The van der Waals surface area contributed by atoms with Crippen LogP contribution in [0.3, 0.4) is 0 Å². The molecule has 4 N–H and O–H groups in total. The normalized spacial score (nSPS) is 45.8. The van der Waals surface area contributed by atoms with Crippen molar-refractivity contribution in [2.45, 2.75) is 24.4 Å². The standard InChI is InChI=1S/C6H12O5/c7-1-4-6(10)5(9)3(8)2-11-4/h3-10H,1-2H2/p+1/t3-,4-,5-,6-/m1/s1. The number of hydrogen-bond donors (Lipinski definition) is 4. The van der Waals surface area contributed by atoms with Gasteiger partial charge in [-0.2, -0.15) is 0 Å². The Morgan fingerprint density at radius 2 is 1.91 bits per heavy atom. The summed E-state index contributed by atoms with van der Waals surface area (Å²) in [6.45, 7) is -0.408. The molecule has 0 aromatic carbocycles. The third-order valence-corrected chi connectivity index (χ3v) is 1.79. The van der Waals surface area contributed by atoms with Gasteiger partial charge < -0.3 is 25.2 Å². The van der Waals surface area contributed by atoms with Crippen molar-refractivity contribution in [3.63, 3.8) is 0 Å². The number of hydrogen-bond acceptors (Lipinski definition) is 5. The first-order valence-electron chi connectivity index (χ1n) is 3.43. The summed E-state index contributed by atoms with van der Waals surface area (Å²) in [7, 11) is 0. The van der Waals surface area contributed by atoms with Gasteiger partial charge in [0.2, 0.25) is 0 Å². The molecule has 0 spiro atoms. The highest BCUT2D eigenvalue weighted by Crippen LogP contribution is 2.14. The highest BCUT2D eigenvalue weighted by molar-refractivity contribution is 4.85. The van der Waals surface area contributed by atoms with Crippen LogP contribution in [0.1, 0.15) is 1.43 Å². The largest absolute Gasteiger partial charge is 1.00 e. The maximum Gasteiger partial charge on any atom is 1.00 e. The molecule has 1 rings (SSSR count). The van der Waals surface area contributed by atoms with Crippen LogP contribution in [0.15, 0.2) is 0 Å². The minimum Gasteiger partial charge on any atom is -0.394 e. The summed E-state index contributed by atoms with van der Waals surface area (Å²) in [5, 5.41) is 35.7. The summed E-state index contributed by atoms with van der Waals surface area (Å²) >= 11 is 0. The van der Waals surface area contributed by atoms with Crippen molar-refractivity contribution in [3.8, 4) is 0 Å². The fourth-order valence-electron chi connectivity index (χ4n) is 1.03. The van der Waals surface area contributed by atoms with Gasteiger partial charge in [-0.05, 0) is 0 Å². The van der Waals surface area contributed by atoms with Gasteiger partial charge in [0.1, 0.15) is 24.4 Å². The minimum absolute atomic E-state index is 0. The Bertz CT molecular complexity index is 131. The molecule has 1 aliphatic rings. The van der Waals surface area contributed by atoms with Crippen LogP contribution < -0.4 is 0 Å². The average Bonchev–Trinajstić information content (AvgIpc) is 2.01. The Balaban J connectivity index is 0.00000121. The molecule has 66 valence electrons. The smallest absolute Gasteiger partial charge is 0.394 e. The van der Waals surface area contributed by atoms with Gasteiger partial charge in [0.15, 0.2) is 0 Å². The highest BCUT2D eigenvalue weighted by atomic mass is 16.5. The van der Waals surface area contributed by atoms with Gasteiger partial charge in [-0.25, -0.2) is 0 Å². The Morgan fingerprint density at radius 3 is 2.45 bits per heavy atom. The maximum atomic E-state index is 9.11. The van der Waals surface area contributed by atoms with Crippen molar-refractivity contribution < 1.29 is 26.6 Å². The molecular formula is C6H13O5+. The van der Waals surface area contributed by atoms with E-state index in [-0.39, 0.29) is 14.6 Å². The van der Waals surface area contributed by atoms with Crippen LogP contribution in [0.5, 0.6) is 0 Å². The van der Waals surface area contributed by atoms with Crippen LogP contribution in [0, 0.1) is 0 Å². The number of rotatable bonds is 1. The van der Waals surface area contributed by atoms with Gasteiger partial charge in [0.05, 0.1) is 13.2 Å². The lowest BCUT2D eigenvalue weighted by atomic mass is 10.0. The second kappa shape index (κ2) is 3.46. The first kappa shape index (κ1) is 8.89. The molecular weight excluding hydrogens is 152 g/mol. The molecule has 0 aromatic rings. The van der Waals surface area contributed by atoms with Gasteiger partial charge in [-0.3, -0.25) is 0 Å². The lowest BCUT2D eigenvalue weighted by molar-refractivity contribution is -0.195. The Kier molecular flexibility index (Phi) is 2.80. The Hall–Kier alpha value is -0.200. The summed E-state index contributed by atoms with van der Waals surface area (Å²) in [6.07, 6.45) is -4.27. The summed E-state index contributed by atoms with van der Waals surface area (Å²) in [4.78, 5) is 0. The zero-order valence-corrected chi connectivity index (χ0v) is 5.92. The number of aliphatic hydroxyl groups excluding tert-OH is 4. The fourth-order valence-corrected chi connectivity index (χ4v) is 1.03. The quantitative estimate of drug-likeness (QED) is 0.347. The fraction of sp³-hybridized carbons (Fsp3) is 1.00. The molecule has 4 atom stereocenters. The monoisotopic (exact) mass is 165 g/mol. The van der Waals surface area contributed by atoms with Gasteiger partial charge >= 0.3 is 1.43 Å². The van der Waals surface area contributed by atoms with Crippen LogP contribution in [0.25, 0.3) is 0 Å². The summed E-state index contributed by atoms with van der Waals surface area (Å²) < 4.78 is 4.81. The molecule has 1 aliphatic heterocycles. The van der Waals surface area contributed by atoms with E-state index < -0.39 is 24.4 Å². The van der Waals surface area contributed by atoms with Gasteiger partial charge in [0, 0.05) is 0 Å². The molecule has 0 radical (unpaired) electrons. The third kappa shape index (κ3) is 1.69. The van der Waals surface area contributed by atoms with Crippen LogP contribution in [-0.2, 0) is 4.74 Å². The van der Waals surface area contributed by atoms with Crippen LogP contribution in [0.2, 0.25) is 0 Å². The summed E-state index contributed by atoms with van der Waals surface area (Å²) in [5.74, 6) is 0. The second-order valence-electron chi connectivity index (χ2n) is 2.60. The van der Waals surface area contributed by atoms with E-state index in [1.54, 1.807) is 0 Å². The molecule has 1 saturated heterocycles. The maximum absolute atomic E-state index is 9.11. The van der Waals surface area contributed by atoms with E-state index in [0.717, 1.165) is 0 Å². The SMILES string of the molecule is OC[C@H]1OC[C@@H](O)[C@@H](O)[C@@H]1O.[H+]. The van der Waals surface area contributed by atoms with Crippen molar-refractivity contribution in [1.82, 2.24) is 0 Å². The van der Waals surface area contributed by atoms with E-state index >= 15 is 0 Å². The summed E-state index contributed by atoms with van der Waals surface area (Å²) in [6, 6.07) is 0. The highest BCUT2D eigenvalue weighted by Gasteiger charge is 2.36. The Morgan fingerprint density at radius 1 is 1.27 bits per heavy atom. The predicted molar refractivity (Wildman–Crippen MR) is 36.0 cm³/mol. The lowest BCUT2D eigenvalue weighted by Gasteiger charge is -2.34. The Labute approximate surface area is 65.3 Å². The third-order valence-electron chi connectivity index (χ3n) is 1.79. The van der Waals surface area contributed by atoms with Crippen LogP contribution in [-0.4, -0.2) is 58.1 Å². The molecule has 1 heterocycles. The molecule has 0 aliphatic carbocycles. The van der Waals surface area contributed by atoms with Crippen molar-refractivity contribution >= 4 is 0 Å². The molecule has 11 heavy (non-hydrogen) atoms. The molecule has 0 aromatic heterocycles. The van der Waals surface area contributed by atoms with E-state index in [0.29, 0.717) is 0 Å². The van der Waals surface area contributed by atoms with Gasteiger partial charge in [-0.1, -0.05) is 0 Å². The molecule has 5 heteroatoms. The van der Waals surface area contributed by atoms with Crippen molar-refractivity contribution in [1.29, 1.82) is 0 Å². The van der Waals surface area contributed by atoms with Crippen molar-refractivity contribution in [2.75, 3.05) is 13.2 Å². The average molecular weight is 165 g/mol. The topological polar surface area (TPSA) is 90.2 Å². The molecule has 5 nitrogen and oxygen atoms in total. The van der Waals surface area contributed by atoms with Crippen molar-refractivity contribution in [3.05, 3.63) is 0 Å². The molecule has 0 unspecified atom stereocenters. The lowest BCUT2D eigenvalue weighted by Crippen LogP contribution is -2.53. The zero-order valence-electron chi connectivity index (χ0n) is 6.92. The van der Waals surface area contributed by atoms with Crippen LogP contribution >= 0.6 is 0 Å². The first-order valence-corrected chi connectivity index (χ1v) is 3.43.